The minimum absolute atomic E-state index is 0. The van der Waals surface area contributed by atoms with Crippen LogP contribution in [0.1, 0.15) is 30.2 Å². The summed E-state index contributed by atoms with van der Waals surface area (Å²) in [7, 11) is 0. The highest BCUT2D eigenvalue weighted by atomic mass is 127. The molecule has 27 heavy (non-hydrogen) atoms. The number of aliphatic imine (C=N–C) groups is 1. The zero-order chi connectivity index (χ0) is 18.2. The maximum atomic E-state index is 6.15. The number of halogens is 1. The van der Waals surface area contributed by atoms with Crippen LogP contribution in [0.2, 0.25) is 0 Å². The van der Waals surface area contributed by atoms with Crippen molar-refractivity contribution in [2.45, 2.75) is 39.5 Å². The molecule has 0 spiro atoms. The molecule has 6 nitrogen and oxygen atoms in total. The van der Waals surface area contributed by atoms with Gasteiger partial charge in [0.25, 0.3) is 0 Å². The largest absolute Gasteiger partial charge is 0.488 e. The fourth-order valence-corrected chi connectivity index (χ4v) is 2.78. The number of nitrogens with one attached hydrogen (secondary N) is 2. The summed E-state index contributed by atoms with van der Waals surface area (Å²) in [6.07, 6.45) is 2.73. The maximum Gasteiger partial charge on any atom is 0.191 e. The summed E-state index contributed by atoms with van der Waals surface area (Å²) in [5.74, 6) is 2.52. The molecule has 2 heterocycles. The Morgan fingerprint density at radius 2 is 2.19 bits per heavy atom. The Bertz CT molecular complexity index is 713. The van der Waals surface area contributed by atoms with Crippen LogP contribution in [0, 0.1) is 6.92 Å². The summed E-state index contributed by atoms with van der Waals surface area (Å²) < 4.78 is 16.9. The lowest BCUT2D eigenvalue weighted by atomic mass is 10.1. The molecule has 7 heteroatoms. The fraction of sp³-hybridized carbons (Fsp3) is 0.450. The van der Waals surface area contributed by atoms with E-state index in [9.17, 15) is 0 Å². The first-order chi connectivity index (χ1) is 12.7. The van der Waals surface area contributed by atoms with E-state index in [1.165, 1.54) is 5.56 Å². The summed E-state index contributed by atoms with van der Waals surface area (Å²) in [4.78, 5) is 4.69. The van der Waals surface area contributed by atoms with Crippen LogP contribution in [0.5, 0.6) is 5.75 Å². The molecular weight excluding hydrogens is 457 g/mol. The van der Waals surface area contributed by atoms with E-state index in [4.69, 9.17) is 13.9 Å². The molecule has 1 aliphatic rings. The number of rotatable bonds is 7. The van der Waals surface area contributed by atoms with E-state index in [1.807, 2.05) is 19.1 Å². The van der Waals surface area contributed by atoms with Crippen molar-refractivity contribution in [2.24, 2.45) is 4.99 Å². The van der Waals surface area contributed by atoms with Crippen molar-refractivity contribution < 1.29 is 13.9 Å². The topological polar surface area (TPSA) is 68.0 Å². The molecule has 0 aliphatic carbocycles. The van der Waals surface area contributed by atoms with E-state index in [1.54, 1.807) is 6.26 Å². The molecule has 1 atom stereocenters. The van der Waals surface area contributed by atoms with Crippen LogP contribution in [0.4, 0.5) is 0 Å². The van der Waals surface area contributed by atoms with Crippen molar-refractivity contribution in [1.82, 2.24) is 10.6 Å². The van der Waals surface area contributed by atoms with E-state index < -0.39 is 0 Å². The highest BCUT2D eigenvalue weighted by molar-refractivity contribution is 14.0. The van der Waals surface area contributed by atoms with Crippen molar-refractivity contribution >= 4 is 29.9 Å². The van der Waals surface area contributed by atoms with Gasteiger partial charge in [0.1, 0.15) is 17.6 Å². The number of hydrogen-bond donors (Lipinski definition) is 2. The van der Waals surface area contributed by atoms with Crippen molar-refractivity contribution in [3.63, 3.8) is 0 Å². The van der Waals surface area contributed by atoms with Gasteiger partial charge >= 0.3 is 0 Å². The minimum Gasteiger partial charge on any atom is -0.488 e. The summed E-state index contributed by atoms with van der Waals surface area (Å²) in [5.41, 5.74) is 2.24. The monoisotopic (exact) mass is 485 g/mol. The average Bonchev–Trinajstić information content (AvgIpc) is 3.32. The molecule has 2 aromatic rings. The van der Waals surface area contributed by atoms with Crippen LogP contribution < -0.4 is 15.4 Å². The SMILES string of the molecule is CCNC(=NCc1ccc(C)cc1OC1CCOC1)NCc1ccco1.I. The standard InChI is InChI=1S/C20H27N3O3.HI/c1-3-21-20(23-13-17-5-4-9-25-17)22-12-16-7-6-15(2)11-19(16)26-18-8-10-24-14-18;/h4-7,9,11,18H,3,8,10,12-14H2,1-2H3,(H2,21,22,23);1H. The smallest absolute Gasteiger partial charge is 0.191 e. The van der Waals surface area contributed by atoms with Gasteiger partial charge in [-0.3, -0.25) is 0 Å². The van der Waals surface area contributed by atoms with Crippen LogP contribution in [-0.2, 0) is 17.8 Å². The van der Waals surface area contributed by atoms with Gasteiger partial charge in [-0.2, -0.15) is 0 Å². The first kappa shape index (κ1) is 21.6. The lowest BCUT2D eigenvalue weighted by molar-refractivity contribution is 0.140. The van der Waals surface area contributed by atoms with Gasteiger partial charge in [-0.05, 0) is 37.6 Å². The number of hydrogen-bond acceptors (Lipinski definition) is 4. The third-order valence-corrected chi connectivity index (χ3v) is 4.17. The Kier molecular flexibility index (Phi) is 8.93. The molecule has 0 radical (unpaired) electrons. The normalized spacial score (nSPS) is 16.7. The highest BCUT2D eigenvalue weighted by Gasteiger charge is 2.18. The Morgan fingerprint density at radius 3 is 2.89 bits per heavy atom. The van der Waals surface area contributed by atoms with Gasteiger partial charge in [0.15, 0.2) is 5.96 Å². The second-order valence-electron chi connectivity index (χ2n) is 6.34. The van der Waals surface area contributed by atoms with Gasteiger partial charge in [0.2, 0.25) is 0 Å². The van der Waals surface area contributed by atoms with E-state index in [0.717, 1.165) is 42.6 Å². The fourth-order valence-electron chi connectivity index (χ4n) is 2.78. The first-order valence-corrected chi connectivity index (χ1v) is 9.13. The third kappa shape index (κ3) is 6.73. The maximum absolute atomic E-state index is 6.15. The van der Waals surface area contributed by atoms with Crippen LogP contribution in [0.15, 0.2) is 46.0 Å². The summed E-state index contributed by atoms with van der Waals surface area (Å²) in [5, 5.41) is 6.54. The molecule has 0 bridgehead atoms. The molecule has 0 amide bonds. The molecule has 2 N–H and O–H groups in total. The zero-order valence-electron chi connectivity index (χ0n) is 15.9. The second kappa shape index (κ2) is 11.2. The molecule has 1 saturated heterocycles. The number of guanidine groups is 1. The van der Waals surface area contributed by atoms with Crippen molar-refractivity contribution in [3.8, 4) is 5.75 Å². The molecule has 148 valence electrons. The van der Waals surface area contributed by atoms with Crippen LogP contribution in [-0.4, -0.2) is 31.8 Å². The zero-order valence-corrected chi connectivity index (χ0v) is 18.2. The predicted octanol–water partition coefficient (Wildman–Crippen LogP) is 3.63. The molecular formula is C20H28IN3O3. The van der Waals surface area contributed by atoms with Crippen molar-refractivity contribution in [2.75, 3.05) is 19.8 Å². The van der Waals surface area contributed by atoms with Gasteiger partial charge < -0.3 is 24.5 Å². The summed E-state index contributed by atoms with van der Waals surface area (Å²) in [6, 6.07) is 10.1. The van der Waals surface area contributed by atoms with Gasteiger partial charge in [0.05, 0.1) is 32.6 Å². The van der Waals surface area contributed by atoms with E-state index in [-0.39, 0.29) is 30.1 Å². The number of aryl methyl sites for hydroxylation is 1. The van der Waals surface area contributed by atoms with Gasteiger partial charge in [-0.1, -0.05) is 12.1 Å². The summed E-state index contributed by atoms with van der Waals surface area (Å²) >= 11 is 0. The molecule has 1 fully saturated rings. The Labute approximate surface area is 177 Å². The summed E-state index contributed by atoms with van der Waals surface area (Å²) in [6.45, 7) is 7.46. The average molecular weight is 485 g/mol. The molecule has 1 aliphatic heterocycles. The minimum atomic E-state index is 0. The number of benzene rings is 1. The van der Waals surface area contributed by atoms with Gasteiger partial charge in [-0.25, -0.2) is 4.99 Å². The van der Waals surface area contributed by atoms with Gasteiger partial charge in [0, 0.05) is 18.5 Å². The Morgan fingerprint density at radius 1 is 1.30 bits per heavy atom. The van der Waals surface area contributed by atoms with Crippen molar-refractivity contribution in [3.05, 3.63) is 53.5 Å². The lowest BCUT2D eigenvalue weighted by Crippen LogP contribution is -2.36. The quantitative estimate of drug-likeness (QED) is 0.356. The molecule has 1 aromatic carbocycles. The van der Waals surface area contributed by atoms with Crippen LogP contribution in [0.3, 0.4) is 0 Å². The van der Waals surface area contributed by atoms with E-state index >= 15 is 0 Å². The third-order valence-electron chi connectivity index (χ3n) is 4.17. The van der Waals surface area contributed by atoms with Crippen molar-refractivity contribution in [1.29, 1.82) is 0 Å². The number of furan rings is 1. The van der Waals surface area contributed by atoms with E-state index in [2.05, 4.69) is 40.7 Å². The molecule has 3 rings (SSSR count). The number of ether oxygens (including phenoxy) is 2. The Balaban J connectivity index is 0.00000261. The molecule has 1 aromatic heterocycles. The second-order valence-corrected chi connectivity index (χ2v) is 6.34. The first-order valence-electron chi connectivity index (χ1n) is 9.13. The van der Waals surface area contributed by atoms with E-state index in [0.29, 0.717) is 19.7 Å². The van der Waals surface area contributed by atoms with Gasteiger partial charge in [-0.15, -0.1) is 24.0 Å². The predicted molar refractivity (Wildman–Crippen MR) is 117 cm³/mol. The molecule has 0 saturated carbocycles. The highest BCUT2D eigenvalue weighted by Crippen LogP contribution is 2.24. The van der Waals surface area contributed by atoms with Crippen LogP contribution >= 0.6 is 24.0 Å². The lowest BCUT2D eigenvalue weighted by Gasteiger charge is -2.16. The Hall–Kier alpha value is -1.74. The number of nitrogens with zero attached hydrogens (tertiary/aromatic N) is 1. The van der Waals surface area contributed by atoms with Crippen LogP contribution in [0.25, 0.3) is 0 Å². The molecule has 1 unspecified atom stereocenters.